The maximum Gasteiger partial charge on any atom is 0.326 e. The number of H-pyrrole nitrogens is 1. The summed E-state index contributed by atoms with van der Waals surface area (Å²) < 4.78 is 7.21. The summed E-state index contributed by atoms with van der Waals surface area (Å²) in [5.41, 5.74) is 2.16. The second-order valence-corrected chi connectivity index (χ2v) is 6.10. The Balaban J connectivity index is 1.93. The molecule has 1 N–H and O–H groups in total. The largest absolute Gasteiger partial charge is 0.381 e. The maximum atomic E-state index is 12.4. The quantitative estimate of drug-likeness (QED) is 0.739. The zero-order valence-corrected chi connectivity index (χ0v) is 12.8. The van der Waals surface area contributed by atoms with Crippen molar-refractivity contribution in [1.29, 1.82) is 0 Å². The van der Waals surface area contributed by atoms with Crippen LogP contribution in [0.5, 0.6) is 0 Å². The highest BCUT2D eigenvalue weighted by Gasteiger charge is 2.19. The lowest BCUT2D eigenvalue weighted by Gasteiger charge is -2.22. The summed E-state index contributed by atoms with van der Waals surface area (Å²) in [6.07, 6.45) is 1.96. The van der Waals surface area contributed by atoms with Crippen LogP contribution in [0.4, 0.5) is 0 Å². The van der Waals surface area contributed by atoms with Crippen LogP contribution in [0.15, 0.2) is 29.1 Å². The van der Waals surface area contributed by atoms with Gasteiger partial charge in [-0.15, -0.1) is 0 Å². The Morgan fingerprint density at radius 2 is 2.09 bits per heavy atom. The number of hydrogen-bond donors (Lipinski definition) is 1. The lowest BCUT2D eigenvalue weighted by molar-refractivity contribution is 0.0613. The van der Waals surface area contributed by atoms with Crippen LogP contribution in [-0.4, -0.2) is 27.7 Å². The van der Waals surface area contributed by atoms with Crippen molar-refractivity contribution in [3.8, 4) is 0 Å². The Morgan fingerprint density at radius 3 is 2.91 bits per heavy atom. The number of rotatable bonds is 2. The molecule has 0 radical (unpaired) electrons. The summed E-state index contributed by atoms with van der Waals surface area (Å²) >= 11 is 6.25. The van der Waals surface area contributed by atoms with Crippen LogP contribution in [-0.2, 0) is 11.3 Å². The third-order valence-corrected chi connectivity index (χ3v) is 4.62. The predicted octanol–water partition coefficient (Wildman–Crippen LogP) is 2.96. The smallest absolute Gasteiger partial charge is 0.326 e. The summed E-state index contributed by atoms with van der Waals surface area (Å²) in [4.78, 5) is 19.6. The number of halogens is 1. The first-order chi connectivity index (χ1) is 10.7. The number of benzene rings is 1. The lowest BCUT2D eigenvalue weighted by Crippen LogP contribution is -2.25. The number of para-hydroxylation sites is 1. The molecule has 3 heterocycles. The van der Waals surface area contributed by atoms with Gasteiger partial charge in [-0.2, -0.15) is 0 Å². The fraction of sp³-hybridized carbons (Fsp3) is 0.375. The number of nitrogens with zero attached hydrogens (tertiary/aromatic N) is 2. The molecule has 0 saturated carbocycles. The summed E-state index contributed by atoms with van der Waals surface area (Å²) in [6, 6.07) is 7.77. The van der Waals surface area contributed by atoms with E-state index in [0.717, 1.165) is 42.5 Å². The van der Waals surface area contributed by atoms with Crippen molar-refractivity contribution in [2.45, 2.75) is 19.4 Å². The molecular weight excluding hydrogens is 302 g/mol. The number of imidazole rings is 1. The predicted molar refractivity (Wildman–Crippen MR) is 86.4 cm³/mol. The summed E-state index contributed by atoms with van der Waals surface area (Å²) in [6.45, 7) is 2.22. The Kier molecular flexibility index (Phi) is 3.39. The van der Waals surface area contributed by atoms with Crippen LogP contribution >= 0.6 is 11.6 Å². The van der Waals surface area contributed by atoms with Gasteiger partial charge in [0, 0.05) is 25.1 Å². The zero-order chi connectivity index (χ0) is 15.1. The second-order valence-electron chi connectivity index (χ2n) is 5.74. The first-order valence-electron chi connectivity index (χ1n) is 7.48. The van der Waals surface area contributed by atoms with Crippen molar-refractivity contribution < 1.29 is 4.74 Å². The molecule has 0 unspecified atom stereocenters. The molecule has 1 fully saturated rings. The molecule has 1 saturated heterocycles. The number of aromatic nitrogens is 3. The normalized spacial score (nSPS) is 16.6. The molecule has 0 atom stereocenters. The van der Waals surface area contributed by atoms with Gasteiger partial charge in [-0.05, 0) is 24.8 Å². The van der Waals surface area contributed by atoms with Gasteiger partial charge in [-0.1, -0.05) is 29.8 Å². The zero-order valence-electron chi connectivity index (χ0n) is 12.0. The molecule has 0 spiro atoms. The molecule has 4 rings (SSSR count). The van der Waals surface area contributed by atoms with Crippen molar-refractivity contribution in [3.05, 3.63) is 39.9 Å². The molecule has 22 heavy (non-hydrogen) atoms. The minimum Gasteiger partial charge on any atom is -0.381 e. The molecule has 5 nitrogen and oxygen atoms in total. The van der Waals surface area contributed by atoms with Gasteiger partial charge in [0.15, 0.2) is 5.15 Å². The van der Waals surface area contributed by atoms with E-state index < -0.39 is 0 Å². The molecule has 0 amide bonds. The van der Waals surface area contributed by atoms with Gasteiger partial charge in [0.25, 0.3) is 0 Å². The number of pyridine rings is 1. The highest BCUT2D eigenvalue weighted by Crippen LogP contribution is 2.28. The van der Waals surface area contributed by atoms with Crippen LogP contribution < -0.4 is 5.69 Å². The molecule has 0 bridgehead atoms. The van der Waals surface area contributed by atoms with E-state index in [0.29, 0.717) is 23.1 Å². The maximum absolute atomic E-state index is 12.4. The molecule has 6 heteroatoms. The molecule has 2 aromatic heterocycles. The Labute approximate surface area is 131 Å². The van der Waals surface area contributed by atoms with E-state index in [1.54, 1.807) is 4.57 Å². The van der Waals surface area contributed by atoms with E-state index in [1.807, 2.05) is 24.3 Å². The van der Waals surface area contributed by atoms with Gasteiger partial charge in [-0.25, -0.2) is 9.78 Å². The van der Waals surface area contributed by atoms with Crippen LogP contribution in [0.1, 0.15) is 12.8 Å². The summed E-state index contributed by atoms with van der Waals surface area (Å²) in [7, 11) is 0. The minimum absolute atomic E-state index is 0.124. The third-order valence-electron chi connectivity index (χ3n) is 4.35. The number of hydrogen-bond acceptors (Lipinski definition) is 3. The first-order valence-corrected chi connectivity index (χ1v) is 7.86. The van der Waals surface area contributed by atoms with Gasteiger partial charge in [-0.3, -0.25) is 4.57 Å². The van der Waals surface area contributed by atoms with Crippen LogP contribution in [0, 0.1) is 5.92 Å². The second kappa shape index (κ2) is 5.41. The SMILES string of the molecule is O=c1[nH]c2c(Cl)nc3ccccc3c2n1CC1CCOCC1. The molecular formula is C16H16ClN3O2. The first kappa shape index (κ1) is 13.8. The van der Waals surface area contributed by atoms with E-state index in [2.05, 4.69) is 9.97 Å². The monoisotopic (exact) mass is 317 g/mol. The summed E-state index contributed by atoms with van der Waals surface area (Å²) in [5, 5.41) is 1.30. The van der Waals surface area contributed by atoms with Gasteiger partial charge in [0.1, 0.15) is 5.52 Å². The number of fused-ring (bicyclic) bond motifs is 3. The van der Waals surface area contributed by atoms with Gasteiger partial charge >= 0.3 is 5.69 Å². The Bertz CT molecular complexity index is 893. The average Bonchev–Trinajstić information content (AvgIpc) is 2.86. The standard InChI is InChI=1S/C16H16ClN3O2/c17-15-13-14(11-3-1-2-4-12(11)18-15)20(16(21)19-13)9-10-5-7-22-8-6-10/h1-4,10H,5-9H2,(H,19,21). The lowest BCUT2D eigenvalue weighted by atomic mass is 10.0. The van der Waals surface area contributed by atoms with E-state index in [1.165, 1.54) is 0 Å². The van der Waals surface area contributed by atoms with Gasteiger partial charge in [0.05, 0.1) is 11.0 Å². The fourth-order valence-electron chi connectivity index (χ4n) is 3.19. The van der Waals surface area contributed by atoms with Crippen LogP contribution in [0.3, 0.4) is 0 Å². The topological polar surface area (TPSA) is 59.9 Å². The van der Waals surface area contributed by atoms with E-state index >= 15 is 0 Å². The van der Waals surface area contributed by atoms with Crippen LogP contribution in [0.2, 0.25) is 5.15 Å². The minimum atomic E-state index is -0.124. The van der Waals surface area contributed by atoms with Crippen LogP contribution in [0.25, 0.3) is 21.9 Å². The molecule has 1 aliphatic rings. The van der Waals surface area contributed by atoms with Crippen molar-refractivity contribution in [2.24, 2.45) is 5.92 Å². The number of ether oxygens (including phenoxy) is 1. The van der Waals surface area contributed by atoms with Gasteiger partial charge in [0.2, 0.25) is 0 Å². The molecule has 3 aromatic rings. The van der Waals surface area contributed by atoms with Crippen molar-refractivity contribution in [1.82, 2.24) is 14.5 Å². The van der Waals surface area contributed by atoms with E-state index in [-0.39, 0.29) is 5.69 Å². The van der Waals surface area contributed by atoms with Gasteiger partial charge < -0.3 is 9.72 Å². The molecule has 0 aliphatic carbocycles. The summed E-state index contributed by atoms with van der Waals surface area (Å²) in [5.74, 6) is 0.455. The average molecular weight is 318 g/mol. The Morgan fingerprint density at radius 1 is 1.32 bits per heavy atom. The van der Waals surface area contributed by atoms with E-state index in [9.17, 15) is 4.79 Å². The highest BCUT2D eigenvalue weighted by atomic mass is 35.5. The number of aromatic amines is 1. The third kappa shape index (κ3) is 2.21. The molecule has 1 aromatic carbocycles. The molecule has 114 valence electrons. The van der Waals surface area contributed by atoms with E-state index in [4.69, 9.17) is 16.3 Å². The number of nitrogens with one attached hydrogen (secondary N) is 1. The van der Waals surface area contributed by atoms with Crippen molar-refractivity contribution in [2.75, 3.05) is 13.2 Å². The molecule has 1 aliphatic heterocycles. The van der Waals surface area contributed by atoms with Crippen molar-refractivity contribution >= 4 is 33.5 Å². The Hall–Kier alpha value is -1.85. The fourth-order valence-corrected chi connectivity index (χ4v) is 3.42. The highest BCUT2D eigenvalue weighted by molar-refractivity contribution is 6.35. The van der Waals surface area contributed by atoms with Crippen molar-refractivity contribution in [3.63, 3.8) is 0 Å².